The molecule has 0 unspecified atom stereocenters. The summed E-state index contributed by atoms with van der Waals surface area (Å²) in [5.41, 5.74) is 6.65. The molecule has 2 N–H and O–H groups in total. The first-order chi connectivity index (χ1) is 7.13. The molecule has 17 heavy (non-hydrogen) atoms. The zero-order chi connectivity index (χ0) is 11.3. The summed E-state index contributed by atoms with van der Waals surface area (Å²) < 4.78 is 5.66. The Morgan fingerprint density at radius 2 is 2.18 bits per heavy atom. The van der Waals surface area contributed by atoms with Gasteiger partial charge in [-0.3, -0.25) is 9.78 Å². The van der Waals surface area contributed by atoms with Crippen LogP contribution in [-0.2, 0) is 9.53 Å². The first-order valence-electron chi connectivity index (χ1n) is 4.65. The van der Waals surface area contributed by atoms with E-state index in [0.717, 1.165) is 10.0 Å². The van der Waals surface area contributed by atoms with Gasteiger partial charge in [-0.15, -0.1) is 24.8 Å². The Kier molecular flexibility index (Phi) is 10.8. The summed E-state index contributed by atoms with van der Waals surface area (Å²) >= 11 is 3.29. The van der Waals surface area contributed by atoms with E-state index in [0.29, 0.717) is 6.61 Å². The van der Waals surface area contributed by atoms with Gasteiger partial charge in [-0.25, -0.2) is 0 Å². The van der Waals surface area contributed by atoms with E-state index in [1.54, 1.807) is 19.3 Å². The molecule has 0 aromatic carbocycles. The fraction of sp³-hybridized carbons (Fsp3) is 0.400. The van der Waals surface area contributed by atoms with Crippen molar-refractivity contribution in [3.8, 4) is 0 Å². The second kappa shape index (κ2) is 9.65. The van der Waals surface area contributed by atoms with Crippen LogP contribution in [0.2, 0.25) is 0 Å². The molecule has 98 valence electrons. The summed E-state index contributed by atoms with van der Waals surface area (Å²) in [6, 6.07) is 1.48. The summed E-state index contributed by atoms with van der Waals surface area (Å²) in [5.74, 6) is -0.287. The molecule has 0 spiro atoms. The topological polar surface area (TPSA) is 65.2 Å². The highest BCUT2D eigenvalue weighted by Gasteiger charge is 2.12. The van der Waals surface area contributed by atoms with Gasteiger partial charge in [0.1, 0.15) is 0 Å². The molecule has 0 aliphatic carbocycles. The van der Waals surface area contributed by atoms with Gasteiger partial charge in [0.15, 0.2) is 0 Å². The number of pyridine rings is 1. The Hall–Kier alpha value is -0.360. The highest BCUT2D eigenvalue weighted by atomic mass is 79.9. The van der Waals surface area contributed by atoms with Crippen molar-refractivity contribution in [3.63, 3.8) is 0 Å². The predicted octanol–water partition coefficient (Wildman–Crippen LogP) is 2.64. The van der Waals surface area contributed by atoms with Crippen molar-refractivity contribution >= 4 is 46.7 Å². The number of nitrogens with zero attached hydrogens (tertiary/aromatic N) is 1. The quantitative estimate of drug-likeness (QED) is 0.852. The maximum absolute atomic E-state index is 11.2. The van der Waals surface area contributed by atoms with E-state index in [9.17, 15) is 4.79 Å². The SMILES string of the molecule is CCOC(=O)C[C@H](N)c1cncc(Br)c1.Cl.Cl. The second-order valence-corrected chi connectivity index (χ2v) is 3.97. The van der Waals surface area contributed by atoms with Crippen molar-refractivity contribution in [2.24, 2.45) is 5.73 Å². The highest BCUT2D eigenvalue weighted by Crippen LogP contribution is 2.17. The van der Waals surface area contributed by atoms with E-state index in [2.05, 4.69) is 20.9 Å². The van der Waals surface area contributed by atoms with Gasteiger partial charge < -0.3 is 10.5 Å². The van der Waals surface area contributed by atoms with Crippen LogP contribution in [0.25, 0.3) is 0 Å². The van der Waals surface area contributed by atoms with Crippen molar-refractivity contribution in [1.82, 2.24) is 4.98 Å². The standard InChI is InChI=1S/C10H13BrN2O2.2ClH/c1-2-15-10(14)4-9(12)7-3-8(11)6-13-5-7;;/h3,5-6,9H,2,4,12H2,1H3;2*1H/t9-;;/m0../s1. The third kappa shape index (κ3) is 6.83. The minimum atomic E-state index is -0.367. The maximum atomic E-state index is 11.2. The molecule has 1 aromatic rings. The summed E-state index contributed by atoms with van der Waals surface area (Å²) in [6.45, 7) is 2.15. The average Bonchev–Trinajstić information content (AvgIpc) is 2.18. The van der Waals surface area contributed by atoms with Crippen molar-refractivity contribution in [1.29, 1.82) is 0 Å². The first-order valence-corrected chi connectivity index (χ1v) is 5.44. The number of rotatable bonds is 4. The van der Waals surface area contributed by atoms with Gasteiger partial charge in [0.25, 0.3) is 0 Å². The number of hydrogen-bond acceptors (Lipinski definition) is 4. The molecule has 0 bridgehead atoms. The molecule has 1 atom stereocenters. The number of aromatic nitrogens is 1. The summed E-state index contributed by atoms with van der Waals surface area (Å²) in [5, 5.41) is 0. The van der Waals surface area contributed by atoms with Gasteiger partial charge in [-0.1, -0.05) is 0 Å². The average molecular weight is 346 g/mol. The molecule has 0 saturated carbocycles. The van der Waals surface area contributed by atoms with Crippen LogP contribution in [0.5, 0.6) is 0 Å². The second-order valence-electron chi connectivity index (χ2n) is 3.05. The molecule has 0 amide bonds. The molecule has 0 saturated heterocycles. The Morgan fingerprint density at radius 1 is 1.53 bits per heavy atom. The van der Waals surface area contributed by atoms with Gasteiger partial charge in [0.2, 0.25) is 0 Å². The molecule has 1 heterocycles. The van der Waals surface area contributed by atoms with E-state index in [-0.39, 0.29) is 43.2 Å². The molecule has 4 nitrogen and oxygen atoms in total. The number of nitrogens with two attached hydrogens (primary N) is 1. The van der Waals surface area contributed by atoms with Crippen LogP contribution in [0.1, 0.15) is 24.9 Å². The van der Waals surface area contributed by atoms with E-state index in [1.165, 1.54) is 0 Å². The molecule has 1 rings (SSSR count). The highest BCUT2D eigenvalue weighted by molar-refractivity contribution is 9.10. The van der Waals surface area contributed by atoms with Gasteiger partial charge in [0, 0.05) is 22.9 Å². The Labute approximate surface area is 121 Å². The lowest BCUT2D eigenvalue weighted by Crippen LogP contribution is -2.17. The van der Waals surface area contributed by atoms with Crippen LogP contribution in [-0.4, -0.2) is 17.6 Å². The molecule has 0 aliphatic rings. The normalized spacial score (nSPS) is 10.8. The van der Waals surface area contributed by atoms with Gasteiger partial charge in [-0.05, 0) is 34.5 Å². The molecular weight excluding hydrogens is 331 g/mol. The summed E-state index contributed by atoms with van der Waals surface area (Å²) in [7, 11) is 0. The number of halogens is 3. The number of ether oxygens (including phenoxy) is 1. The lowest BCUT2D eigenvalue weighted by molar-refractivity contribution is -0.143. The Balaban J connectivity index is 0. The van der Waals surface area contributed by atoms with Gasteiger partial charge >= 0.3 is 5.97 Å². The summed E-state index contributed by atoms with van der Waals surface area (Å²) in [4.78, 5) is 15.2. The minimum absolute atomic E-state index is 0. The lowest BCUT2D eigenvalue weighted by atomic mass is 10.1. The van der Waals surface area contributed by atoms with Gasteiger partial charge in [-0.2, -0.15) is 0 Å². The first kappa shape index (κ1) is 19.0. The van der Waals surface area contributed by atoms with Crippen LogP contribution in [0.4, 0.5) is 0 Å². The monoisotopic (exact) mass is 344 g/mol. The third-order valence-electron chi connectivity index (χ3n) is 1.85. The van der Waals surface area contributed by atoms with Crippen LogP contribution in [0.15, 0.2) is 22.9 Å². The van der Waals surface area contributed by atoms with Crippen molar-refractivity contribution in [2.45, 2.75) is 19.4 Å². The fourth-order valence-corrected chi connectivity index (χ4v) is 1.53. The Bertz CT molecular complexity index is 353. The largest absolute Gasteiger partial charge is 0.466 e. The molecular formula is C10H15BrCl2N2O2. The number of carbonyl (C=O) groups excluding carboxylic acids is 1. The van der Waals surface area contributed by atoms with Crippen LogP contribution >= 0.6 is 40.7 Å². The van der Waals surface area contributed by atoms with E-state index < -0.39 is 0 Å². The zero-order valence-corrected chi connectivity index (χ0v) is 12.5. The van der Waals surface area contributed by atoms with Crippen LogP contribution in [0, 0.1) is 0 Å². The number of hydrogen-bond donors (Lipinski definition) is 1. The Morgan fingerprint density at radius 3 is 2.71 bits per heavy atom. The van der Waals surface area contributed by atoms with Crippen LogP contribution < -0.4 is 5.73 Å². The van der Waals surface area contributed by atoms with Crippen molar-refractivity contribution in [2.75, 3.05) is 6.61 Å². The van der Waals surface area contributed by atoms with E-state index in [1.807, 2.05) is 6.07 Å². The van der Waals surface area contributed by atoms with E-state index in [4.69, 9.17) is 10.5 Å². The molecule has 0 fully saturated rings. The van der Waals surface area contributed by atoms with Crippen molar-refractivity contribution in [3.05, 3.63) is 28.5 Å². The predicted molar refractivity (Wildman–Crippen MR) is 74.6 cm³/mol. The molecule has 1 aromatic heterocycles. The fourth-order valence-electron chi connectivity index (χ4n) is 1.15. The third-order valence-corrected chi connectivity index (χ3v) is 2.28. The molecule has 0 aliphatic heterocycles. The van der Waals surface area contributed by atoms with Crippen LogP contribution in [0.3, 0.4) is 0 Å². The van der Waals surface area contributed by atoms with Gasteiger partial charge in [0.05, 0.1) is 13.0 Å². The van der Waals surface area contributed by atoms with Crippen molar-refractivity contribution < 1.29 is 9.53 Å². The number of esters is 1. The summed E-state index contributed by atoms with van der Waals surface area (Å²) in [6.07, 6.45) is 3.49. The lowest BCUT2D eigenvalue weighted by Gasteiger charge is -2.10. The maximum Gasteiger partial charge on any atom is 0.307 e. The molecule has 7 heteroatoms. The smallest absolute Gasteiger partial charge is 0.307 e. The minimum Gasteiger partial charge on any atom is -0.466 e. The van der Waals surface area contributed by atoms with E-state index >= 15 is 0 Å². The zero-order valence-electron chi connectivity index (χ0n) is 9.26. The molecule has 0 radical (unpaired) electrons. The number of carbonyl (C=O) groups is 1.